The van der Waals surface area contributed by atoms with Crippen LogP contribution in [0.3, 0.4) is 0 Å². The SMILES string of the molecule is COc1ccc(S(=O)(=O)NCc2cnccc2C)cc1N. The van der Waals surface area contributed by atoms with E-state index in [1.807, 2.05) is 13.0 Å². The van der Waals surface area contributed by atoms with Crippen molar-refractivity contribution in [3.63, 3.8) is 0 Å². The summed E-state index contributed by atoms with van der Waals surface area (Å²) in [7, 11) is -2.16. The zero-order valence-corrected chi connectivity index (χ0v) is 12.6. The summed E-state index contributed by atoms with van der Waals surface area (Å²) in [5.41, 5.74) is 7.80. The fourth-order valence-corrected chi connectivity index (χ4v) is 2.86. The van der Waals surface area contributed by atoms with Crippen LogP contribution in [0.15, 0.2) is 41.6 Å². The van der Waals surface area contributed by atoms with Crippen molar-refractivity contribution in [3.05, 3.63) is 47.8 Å². The summed E-state index contributed by atoms with van der Waals surface area (Å²) < 4.78 is 32.0. The first-order valence-corrected chi connectivity index (χ1v) is 7.75. The van der Waals surface area contributed by atoms with Crippen molar-refractivity contribution in [1.29, 1.82) is 0 Å². The minimum Gasteiger partial charge on any atom is -0.495 e. The van der Waals surface area contributed by atoms with Crippen LogP contribution in [0.5, 0.6) is 5.75 Å². The average molecular weight is 307 g/mol. The second-order valence-corrected chi connectivity index (χ2v) is 6.30. The van der Waals surface area contributed by atoms with E-state index in [2.05, 4.69) is 9.71 Å². The van der Waals surface area contributed by atoms with Gasteiger partial charge >= 0.3 is 0 Å². The maximum absolute atomic E-state index is 12.2. The van der Waals surface area contributed by atoms with Gasteiger partial charge in [0.25, 0.3) is 0 Å². The Morgan fingerprint density at radius 3 is 2.71 bits per heavy atom. The van der Waals surface area contributed by atoms with Crippen LogP contribution in [-0.2, 0) is 16.6 Å². The predicted molar refractivity (Wildman–Crippen MR) is 80.4 cm³/mol. The van der Waals surface area contributed by atoms with Gasteiger partial charge in [-0.3, -0.25) is 4.98 Å². The highest BCUT2D eigenvalue weighted by molar-refractivity contribution is 7.89. The van der Waals surface area contributed by atoms with Crippen LogP contribution >= 0.6 is 0 Å². The smallest absolute Gasteiger partial charge is 0.240 e. The number of aryl methyl sites for hydroxylation is 1. The third kappa shape index (κ3) is 3.50. The molecule has 0 amide bonds. The zero-order chi connectivity index (χ0) is 15.5. The number of ether oxygens (including phenoxy) is 1. The van der Waals surface area contributed by atoms with Gasteiger partial charge in [0, 0.05) is 18.9 Å². The van der Waals surface area contributed by atoms with Crippen LogP contribution in [0.25, 0.3) is 0 Å². The highest BCUT2D eigenvalue weighted by Gasteiger charge is 2.15. The number of nitrogens with two attached hydrogens (primary N) is 1. The average Bonchev–Trinajstić information content (AvgIpc) is 2.46. The first-order valence-electron chi connectivity index (χ1n) is 6.26. The molecule has 7 heteroatoms. The van der Waals surface area contributed by atoms with Crippen molar-refractivity contribution in [1.82, 2.24) is 9.71 Å². The number of hydrogen-bond donors (Lipinski definition) is 2. The number of pyridine rings is 1. The summed E-state index contributed by atoms with van der Waals surface area (Å²) in [5.74, 6) is 0.442. The van der Waals surface area contributed by atoms with E-state index in [9.17, 15) is 8.42 Å². The van der Waals surface area contributed by atoms with E-state index < -0.39 is 10.0 Å². The van der Waals surface area contributed by atoms with E-state index in [1.54, 1.807) is 12.4 Å². The van der Waals surface area contributed by atoms with Crippen molar-refractivity contribution >= 4 is 15.7 Å². The quantitative estimate of drug-likeness (QED) is 0.816. The molecule has 1 aromatic heterocycles. The third-order valence-corrected chi connectivity index (χ3v) is 4.51. The Morgan fingerprint density at radius 2 is 2.10 bits per heavy atom. The van der Waals surface area contributed by atoms with Crippen molar-refractivity contribution in [2.45, 2.75) is 18.4 Å². The van der Waals surface area contributed by atoms with Crippen LogP contribution in [0.4, 0.5) is 5.69 Å². The topological polar surface area (TPSA) is 94.3 Å². The molecular weight excluding hydrogens is 290 g/mol. The molecule has 2 aromatic rings. The van der Waals surface area contributed by atoms with E-state index in [1.165, 1.54) is 25.3 Å². The molecule has 0 fully saturated rings. The van der Waals surface area contributed by atoms with E-state index in [-0.39, 0.29) is 17.1 Å². The summed E-state index contributed by atoms with van der Waals surface area (Å²) in [4.78, 5) is 4.08. The predicted octanol–water partition coefficient (Wildman–Crippen LogP) is 1.46. The maximum atomic E-state index is 12.2. The number of nitrogens with zero attached hydrogens (tertiary/aromatic N) is 1. The molecular formula is C14H17N3O3S. The van der Waals surface area contributed by atoms with Crippen molar-refractivity contribution in [2.75, 3.05) is 12.8 Å². The Labute approximate surface area is 124 Å². The number of nitrogen functional groups attached to an aromatic ring is 1. The number of benzene rings is 1. The Kier molecular flexibility index (Phi) is 4.44. The number of methoxy groups -OCH3 is 1. The molecule has 2 rings (SSSR count). The fraction of sp³-hybridized carbons (Fsp3) is 0.214. The van der Waals surface area contributed by atoms with Gasteiger partial charge in [-0.1, -0.05) is 0 Å². The molecule has 0 aliphatic heterocycles. The number of aromatic nitrogens is 1. The van der Waals surface area contributed by atoms with Crippen LogP contribution in [0, 0.1) is 6.92 Å². The molecule has 1 heterocycles. The Balaban J connectivity index is 2.19. The van der Waals surface area contributed by atoms with Gasteiger partial charge in [-0.2, -0.15) is 0 Å². The molecule has 3 N–H and O–H groups in total. The summed E-state index contributed by atoms with van der Waals surface area (Å²) in [5, 5.41) is 0. The van der Waals surface area contributed by atoms with Gasteiger partial charge in [0.1, 0.15) is 5.75 Å². The zero-order valence-electron chi connectivity index (χ0n) is 11.8. The molecule has 6 nitrogen and oxygen atoms in total. The highest BCUT2D eigenvalue weighted by Crippen LogP contribution is 2.24. The summed E-state index contributed by atoms with van der Waals surface area (Å²) >= 11 is 0. The number of anilines is 1. The highest BCUT2D eigenvalue weighted by atomic mass is 32.2. The van der Waals surface area contributed by atoms with Crippen molar-refractivity contribution in [3.8, 4) is 5.75 Å². The first-order chi connectivity index (χ1) is 9.94. The largest absolute Gasteiger partial charge is 0.495 e. The van der Waals surface area contributed by atoms with E-state index in [0.717, 1.165) is 11.1 Å². The number of rotatable bonds is 5. The van der Waals surface area contributed by atoms with Crippen LogP contribution < -0.4 is 15.2 Å². The van der Waals surface area contributed by atoms with Crippen LogP contribution in [0.1, 0.15) is 11.1 Å². The van der Waals surface area contributed by atoms with E-state index in [4.69, 9.17) is 10.5 Å². The van der Waals surface area contributed by atoms with Crippen LogP contribution in [-0.4, -0.2) is 20.5 Å². The van der Waals surface area contributed by atoms with Gasteiger partial charge in [-0.05, 0) is 42.3 Å². The van der Waals surface area contributed by atoms with Gasteiger partial charge in [-0.25, -0.2) is 13.1 Å². The first kappa shape index (κ1) is 15.3. The van der Waals surface area contributed by atoms with Crippen LogP contribution in [0.2, 0.25) is 0 Å². The number of hydrogen-bond acceptors (Lipinski definition) is 5. The maximum Gasteiger partial charge on any atom is 0.240 e. The lowest BCUT2D eigenvalue weighted by molar-refractivity contribution is 0.416. The molecule has 112 valence electrons. The van der Waals surface area contributed by atoms with Gasteiger partial charge in [-0.15, -0.1) is 0 Å². The molecule has 0 aliphatic carbocycles. The molecule has 0 unspecified atom stereocenters. The van der Waals surface area contributed by atoms with Gasteiger partial charge in [0.05, 0.1) is 17.7 Å². The summed E-state index contributed by atoms with van der Waals surface area (Å²) in [6, 6.07) is 6.18. The number of nitrogens with one attached hydrogen (secondary N) is 1. The van der Waals surface area contributed by atoms with E-state index >= 15 is 0 Å². The number of sulfonamides is 1. The monoisotopic (exact) mass is 307 g/mol. The minimum absolute atomic E-state index is 0.0994. The molecule has 1 aromatic carbocycles. The molecule has 0 atom stereocenters. The summed E-state index contributed by atoms with van der Waals surface area (Å²) in [6.45, 7) is 2.07. The molecule has 0 saturated heterocycles. The molecule has 0 aliphatic rings. The molecule has 0 saturated carbocycles. The second-order valence-electron chi connectivity index (χ2n) is 4.53. The van der Waals surface area contributed by atoms with Crippen molar-refractivity contribution < 1.29 is 13.2 Å². The minimum atomic E-state index is -3.64. The molecule has 0 radical (unpaired) electrons. The third-order valence-electron chi connectivity index (χ3n) is 3.11. The lowest BCUT2D eigenvalue weighted by Crippen LogP contribution is -2.23. The normalized spacial score (nSPS) is 11.3. The Bertz CT molecular complexity index is 745. The summed E-state index contributed by atoms with van der Waals surface area (Å²) in [6.07, 6.45) is 3.30. The Morgan fingerprint density at radius 1 is 1.33 bits per heavy atom. The molecule has 0 spiro atoms. The fourth-order valence-electron chi connectivity index (χ4n) is 1.82. The van der Waals surface area contributed by atoms with Gasteiger partial charge < -0.3 is 10.5 Å². The lowest BCUT2D eigenvalue weighted by atomic mass is 10.2. The Hall–Kier alpha value is -2.12. The second kappa shape index (κ2) is 6.11. The van der Waals surface area contributed by atoms with Crippen molar-refractivity contribution in [2.24, 2.45) is 0 Å². The van der Waals surface area contributed by atoms with E-state index in [0.29, 0.717) is 5.75 Å². The molecule has 0 bridgehead atoms. The standard InChI is InChI=1S/C14H17N3O3S/c1-10-5-6-16-8-11(10)9-17-21(18,19)12-3-4-14(20-2)13(15)7-12/h3-8,17H,9,15H2,1-2H3. The lowest BCUT2D eigenvalue weighted by Gasteiger charge is -2.10. The van der Waals surface area contributed by atoms with Gasteiger partial charge in [0.15, 0.2) is 0 Å². The van der Waals surface area contributed by atoms with Gasteiger partial charge in [0.2, 0.25) is 10.0 Å². The molecule has 21 heavy (non-hydrogen) atoms.